The summed E-state index contributed by atoms with van der Waals surface area (Å²) in [5.41, 5.74) is 0. The van der Waals surface area contributed by atoms with Crippen LogP contribution in [-0.4, -0.2) is 66.5 Å². The quantitative estimate of drug-likeness (QED) is 0.0197. The zero-order valence-corrected chi connectivity index (χ0v) is 53.6. The minimum Gasteiger partial charge on any atom is -0.462 e. The number of allylic oxidation sites excluding steroid dienone is 14. The minimum atomic E-state index is -4.77. The predicted octanol–water partition coefficient (Wildman–Crippen LogP) is 20.6. The fraction of sp³-hybridized carbons (Fsp3) is 0.757. The van der Waals surface area contributed by atoms with Crippen LogP contribution in [0.2, 0.25) is 0 Å². The van der Waals surface area contributed by atoms with Gasteiger partial charge in [-0.3, -0.25) is 23.4 Å². The lowest BCUT2D eigenvalue weighted by molar-refractivity contribution is -0.161. The number of carbonyl (C=O) groups is 3. The minimum absolute atomic E-state index is 0.0970. The third-order valence-electron chi connectivity index (χ3n) is 14.3. The molecule has 0 aliphatic carbocycles. The predicted molar refractivity (Wildman–Crippen MR) is 344 cm³/mol. The maximum absolute atomic E-state index is 13.0. The van der Waals surface area contributed by atoms with Crippen molar-refractivity contribution in [2.75, 3.05) is 26.4 Å². The average Bonchev–Trinajstić information content (AvgIpc) is 3.49. The molecule has 0 aliphatic rings. The molecule has 0 aromatic heterocycles. The van der Waals surface area contributed by atoms with Crippen LogP contribution in [0.25, 0.3) is 0 Å². The number of unbranched alkanes of at least 4 members (excludes halogenated alkanes) is 31. The Hall–Kier alpha value is -3.34. The van der Waals surface area contributed by atoms with Gasteiger partial charge in [0.1, 0.15) is 12.7 Å². The molecule has 3 unspecified atom stereocenters. The summed E-state index contributed by atoms with van der Waals surface area (Å²) in [4.78, 5) is 48.8. The van der Waals surface area contributed by atoms with E-state index in [4.69, 9.17) is 23.3 Å². The molecule has 82 heavy (non-hydrogen) atoms. The molecule has 0 rings (SSSR count). The van der Waals surface area contributed by atoms with E-state index in [9.17, 15) is 28.9 Å². The van der Waals surface area contributed by atoms with Gasteiger partial charge in [-0.15, -0.1) is 0 Å². The number of hydrogen-bond donors (Lipinski definition) is 2. The standard InChI is InChI=1S/C70H123O11P/c1-4-7-10-13-16-19-22-25-28-31-33-36-38-41-44-47-50-53-56-59-68(72)77-63-67(81-70(74)61-58-55-52-49-46-43-40-37-34-32-29-26-23-20-17-14-11-8-5-2)65-79-82(75,76)78-64-66(62-71)80-69(73)60-57-54-51-48-45-42-39-35-30-27-24-21-18-15-12-9-6-3/h9,12,18,21,25-30,39,42,48,51,66-67,71H,4-8,10-11,13-17,19-20,22-24,31-38,40-41,43-47,49-50,52-65H2,1-3H3,(H,75,76)/b12-9-,21-18-,28-25-,29-26-,30-27-,42-39-,51-48-. The Morgan fingerprint density at radius 3 is 1.04 bits per heavy atom. The highest BCUT2D eigenvalue weighted by atomic mass is 31.2. The summed E-state index contributed by atoms with van der Waals surface area (Å²) < 4.78 is 39.7. The van der Waals surface area contributed by atoms with Crippen LogP contribution in [-0.2, 0) is 42.2 Å². The van der Waals surface area contributed by atoms with Gasteiger partial charge >= 0.3 is 25.7 Å². The second-order valence-corrected chi connectivity index (χ2v) is 23.7. The molecular weight excluding hydrogens is 1050 g/mol. The van der Waals surface area contributed by atoms with E-state index in [1.807, 2.05) is 12.2 Å². The van der Waals surface area contributed by atoms with Gasteiger partial charge in [-0.1, -0.05) is 260 Å². The zero-order valence-electron chi connectivity index (χ0n) is 52.7. The maximum Gasteiger partial charge on any atom is 0.472 e. The number of ether oxygens (including phenoxy) is 3. The molecule has 3 atom stereocenters. The third-order valence-corrected chi connectivity index (χ3v) is 15.2. The lowest BCUT2D eigenvalue weighted by atomic mass is 10.1. The van der Waals surface area contributed by atoms with Crippen molar-refractivity contribution in [3.8, 4) is 0 Å². The number of esters is 3. The van der Waals surface area contributed by atoms with Crippen molar-refractivity contribution in [2.24, 2.45) is 0 Å². The molecular formula is C70H123O11P. The number of hydrogen-bond acceptors (Lipinski definition) is 10. The zero-order chi connectivity index (χ0) is 59.8. The summed E-state index contributed by atoms with van der Waals surface area (Å²) in [6.45, 7) is 4.50. The summed E-state index contributed by atoms with van der Waals surface area (Å²) in [5.74, 6) is -1.52. The molecule has 12 heteroatoms. The van der Waals surface area contributed by atoms with Crippen molar-refractivity contribution in [2.45, 2.75) is 315 Å². The monoisotopic (exact) mass is 1170 g/mol. The van der Waals surface area contributed by atoms with Crippen LogP contribution < -0.4 is 0 Å². The van der Waals surface area contributed by atoms with Crippen LogP contribution in [0.5, 0.6) is 0 Å². The first-order valence-electron chi connectivity index (χ1n) is 33.5. The molecule has 0 saturated carbocycles. The molecule has 2 N–H and O–H groups in total. The van der Waals surface area contributed by atoms with Gasteiger partial charge in [0.05, 0.1) is 19.8 Å². The molecule has 0 heterocycles. The third kappa shape index (κ3) is 61.2. The van der Waals surface area contributed by atoms with Gasteiger partial charge in [-0.05, 0) is 109 Å². The first kappa shape index (κ1) is 78.7. The molecule has 0 aromatic rings. The van der Waals surface area contributed by atoms with Crippen LogP contribution in [0.15, 0.2) is 85.1 Å². The number of phosphoric acid groups is 1. The molecule has 0 amide bonds. The van der Waals surface area contributed by atoms with E-state index in [0.29, 0.717) is 25.7 Å². The number of phosphoric ester groups is 1. The van der Waals surface area contributed by atoms with Crippen molar-refractivity contribution in [1.29, 1.82) is 0 Å². The Bertz CT molecular complexity index is 1700. The molecule has 474 valence electrons. The van der Waals surface area contributed by atoms with Crippen LogP contribution in [0.4, 0.5) is 0 Å². The second kappa shape index (κ2) is 63.7. The molecule has 0 aliphatic heterocycles. The Morgan fingerprint density at radius 2 is 0.646 bits per heavy atom. The summed E-state index contributed by atoms with van der Waals surface area (Å²) in [5, 5.41) is 9.85. The largest absolute Gasteiger partial charge is 0.472 e. The normalized spacial score (nSPS) is 13.8. The Balaban J connectivity index is 4.74. The highest BCUT2D eigenvalue weighted by Crippen LogP contribution is 2.43. The molecule has 0 fully saturated rings. The lowest BCUT2D eigenvalue weighted by Gasteiger charge is -2.21. The lowest BCUT2D eigenvalue weighted by Crippen LogP contribution is -2.30. The molecule has 0 spiro atoms. The van der Waals surface area contributed by atoms with Gasteiger partial charge in [0.25, 0.3) is 0 Å². The van der Waals surface area contributed by atoms with E-state index < -0.39 is 57.8 Å². The molecule has 0 bridgehead atoms. The smallest absolute Gasteiger partial charge is 0.462 e. The van der Waals surface area contributed by atoms with Gasteiger partial charge < -0.3 is 24.2 Å². The van der Waals surface area contributed by atoms with Crippen molar-refractivity contribution in [3.05, 3.63) is 85.1 Å². The number of rotatable bonds is 62. The highest BCUT2D eigenvalue weighted by Gasteiger charge is 2.28. The molecule has 11 nitrogen and oxygen atoms in total. The summed E-state index contributed by atoms with van der Waals surface area (Å²) in [6.07, 6.45) is 75.4. The number of carbonyl (C=O) groups excluding carboxylic acids is 3. The SMILES string of the molecule is CC/C=C\C/C=C\C/C=C\C/C=C\C/C=C\CCCC(=O)OC(CO)COP(=O)(O)OCC(COC(=O)CCCCCCCCCCC/C=C\CCCCCCCC)OC(=O)CCCCCCCCCCC/C=C\CCCCCCCC. The molecule has 0 radical (unpaired) electrons. The van der Waals surface area contributed by atoms with E-state index in [1.165, 1.54) is 167 Å². The van der Waals surface area contributed by atoms with Crippen LogP contribution in [0.3, 0.4) is 0 Å². The van der Waals surface area contributed by atoms with Crippen LogP contribution >= 0.6 is 7.82 Å². The van der Waals surface area contributed by atoms with E-state index in [1.54, 1.807) is 0 Å². The maximum atomic E-state index is 13.0. The highest BCUT2D eigenvalue weighted by molar-refractivity contribution is 7.47. The van der Waals surface area contributed by atoms with E-state index in [2.05, 4.69) is 93.7 Å². The van der Waals surface area contributed by atoms with Crippen molar-refractivity contribution >= 4 is 25.7 Å². The van der Waals surface area contributed by atoms with Crippen LogP contribution in [0, 0.1) is 0 Å². The van der Waals surface area contributed by atoms with Crippen molar-refractivity contribution in [1.82, 2.24) is 0 Å². The van der Waals surface area contributed by atoms with Crippen molar-refractivity contribution in [3.63, 3.8) is 0 Å². The van der Waals surface area contributed by atoms with Gasteiger partial charge in [0.15, 0.2) is 6.10 Å². The summed E-state index contributed by atoms with van der Waals surface area (Å²) in [7, 11) is -4.77. The fourth-order valence-electron chi connectivity index (χ4n) is 9.21. The Morgan fingerprint density at radius 1 is 0.354 bits per heavy atom. The van der Waals surface area contributed by atoms with Gasteiger partial charge in [0.2, 0.25) is 0 Å². The van der Waals surface area contributed by atoms with E-state index >= 15 is 0 Å². The van der Waals surface area contributed by atoms with Gasteiger partial charge in [-0.2, -0.15) is 0 Å². The Kier molecular flexibility index (Phi) is 61.1. The second-order valence-electron chi connectivity index (χ2n) is 22.2. The molecule has 0 saturated heterocycles. The first-order valence-corrected chi connectivity index (χ1v) is 35.0. The molecule has 0 aromatic carbocycles. The number of aliphatic hydroxyl groups is 1. The first-order chi connectivity index (χ1) is 40.2. The van der Waals surface area contributed by atoms with E-state index in [-0.39, 0.29) is 25.9 Å². The van der Waals surface area contributed by atoms with Crippen LogP contribution in [0.1, 0.15) is 303 Å². The summed E-state index contributed by atoms with van der Waals surface area (Å²) >= 11 is 0. The van der Waals surface area contributed by atoms with Gasteiger partial charge in [-0.25, -0.2) is 4.57 Å². The average molecular weight is 1170 g/mol. The van der Waals surface area contributed by atoms with Crippen molar-refractivity contribution < 1.29 is 52.2 Å². The number of aliphatic hydroxyl groups excluding tert-OH is 1. The fourth-order valence-corrected chi connectivity index (χ4v) is 9.99. The Labute approximate surface area is 502 Å². The topological polar surface area (TPSA) is 155 Å². The summed E-state index contributed by atoms with van der Waals surface area (Å²) in [6, 6.07) is 0. The van der Waals surface area contributed by atoms with Gasteiger partial charge in [0, 0.05) is 19.3 Å². The van der Waals surface area contributed by atoms with E-state index in [0.717, 1.165) is 70.6 Å².